The summed E-state index contributed by atoms with van der Waals surface area (Å²) in [5.41, 5.74) is 6.55. The second-order valence-electron chi connectivity index (χ2n) is 6.26. The number of hydrogen-bond donors (Lipinski definition) is 2. The highest BCUT2D eigenvalue weighted by molar-refractivity contribution is 5.95. The van der Waals surface area contributed by atoms with Gasteiger partial charge in [-0.1, -0.05) is 39.5 Å². The second kappa shape index (κ2) is 4.92. The van der Waals surface area contributed by atoms with Crippen LogP contribution in [0.1, 0.15) is 43.7 Å². The number of carbonyl (C=O) groups is 1. The molecule has 0 saturated heterocycles. The summed E-state index contributed by atoms with van der Waals surface area (Å²) in [6, 6.07) is 3.70. The van der Waals surface area contributed by atoms with Crippen molar-refractivity contribution >= 4 is 5.91 Å². The molecule has 1 aromatic heterocycles. The molecule has 0 aliphatic heterocycles. The van der Waals surface area contributed by atoms with Gasteiger partial charge in [-0.2, -0.15) is 0 Å². The van der Waals surface area contributed by atoms with E-state index in [4.69, 9.17) is 5.73 Å². The monoisotopic (exact) mass is 271 g/mol. The lowest BCUT2D eigenvalue weighted by Gasteiger charge is -2.07. The Morgan fingerprint density at radius 2 is 2.05 bits per heavy atom. The Labute approximate surface area is 120 Å². The molecule has 1 saturated carbocycles. The number of carbonyl (C=O) groups excluding carboxylic acids is 1. The topological polar surface area (TPSA) is 68.0 Å². The van der Waals surface area contributed by atoms with E-state index in [-0.39, 0.29) is 29.3 Å². The van der Waals surface area contributed by atoms with Gasteiger partial charge in [-0.3, -0.25) is 4.79 Å². The first-order valence-electron chi connectivity index (χ1n) is 6.77. The number of nitrogens with one attached hydrogen (secondary N) is 1. The van der Waals surface area contributed by atoms with E-state index >= 15 is 0 Å². The molecule has 2 rings (SSSR count). The molecule has 3 N–H and O–H groups in total. The molecule has 0 atom stereocenters. The molecule has 1 heterocycles. The summed E-state index contributed by atoms with van der Waals surface area (Å²) in [5.74, 6) is 5.48. The van der Waals surface area contributed by atoms with Crippen molar-refractivity contribution in [2.24, 2.45) is 16.6 Å². The molecule has 1 aromatic rings. The van der Waals surface area contributed by atoms with Crippen molar-refractivity contribution in [1.29, 1.82) is 0 Å². The average Bonchev–Trinajstić information content (AvgIpc) is 2.79. The Kier molecular flexibility index (Phi) is 3.58. The van der Waals surface area contributed by atoms with Crippen LogP contribution in [0.4, 0.5) is 0 Å². The van der Waals surface area contributed by atoms with E-state index in [1.165, 1.54) is 0 Å². The van der Waals surface area contributed by atoms with Crippen LogP contribution in [-0.4, -0.2) is 23.5 Å². The molecule has 0 bridgehead atoms. The fourth-order valence-corrected chi connectivity index (χ4v) is 2.59. The van der Waals surface area contributed by atoms with Crippen LogP contribution < -0.4 is 11.1 Å². The highest BCUT2D eigenvalue weighted by atomic mass is 16.2. The standard InChI is InChI=1S/C16H21N3O/c1-15(2)14(16(15,3)4)19-13(20)12-11(7-5-9-17)8-6-10-18-12/h6,8,10,14H,9,17H2,1-4H3,(H,19,20). The third-order valence-electron chi connectivity index (χ3n) is 4.64. The summed E-state index contributed by atoms with van der Waals surface area (Å²) < 4.78 is 0. The quantitative estimate of drug-likeness (QED) is 0.802. The zero-order valence-electron chi connectivity index (χ0n) is 12.4. The normalized spacial score (nSPS) is 18.9. The van der Waals surface area contributed by atoms with E-state index in [1.54, 1.807) is 18.3 Å². The zero-order valence-corrected chi connectivity index (χ0v) is 12.4. The SMILES string of the molecule is CC1(C)C(NC(=O)c2ncccc2C#CCN)C1(C)C. The van der Waals surface area contributed by atoms with Crippen molar-refractivity contribution in [2.75, 3.05) is 6.54 Å². The lowest BCUT2D eigenvalue weighted by Crippen LogP contribution is -2.31. The Morgan fingerprint density at radius 3 is 2.60 bits per heavy atom. The van der Waals surface area contributed by atoms with Crippen LogP contribution in [0.25, 0.3) is 0 Å². The van der Waals surface area contributed by atoms with E-state index in [0.29, 0.717) is 11.3 Å². The van der Waals surface area contributed by atoms with Gasteiger partial charge in [0.1, 0.15) is 5.69 Å². The molecule has 1 aliphatic carbocycles. The van der Waals surface area contributed by atoms with Gasteiger partial charge in [0.2, 0.25) is 0 Å². The van der Waals surface area contributed by atoms with Gasteiger partial charge in [0.15, 0.2) is 0 Å². The summed E-state index contributed by atoms with van der Waals surface area (Å²) in [5, 5.41) is 3.07. The van der Waals surface area contributed by atoms with Gasteiger partial charge >= 0.3 is 0 Å². The number of pyridine rings is 1. The average molecular weight is 271 g/mol. The van der Waals surface area contributed by atoms with E-state index in [1.807, 2.05) is 0 Å². The largest absolute Gasteiger partial charge is 0.347 e. The van der Waals surface area contributed by atoms with Gasteiger partial charge in [-0.05, 0) is 23.0 Å². The Morgan fingerprint density at radius 1 is 1.40 bits per heavy atom. The van der Waals surface area contributed by atoms with E-state index in [0.717, 1.165) is 0 Å². The van der Waals surface area contributed by atoms with Gasteiger partial charge < -0.3 is 11.1 Å². The molecule has 0 spiro atoms. The fourth-order valence-electron chi connectivity index (χ4n) is 2.59. The Balaban J connectivity index is 2.19. The molecule has 4 nitrogen and oxygen atoms in total. The number of nitrogens with zero attached hydrogens (tertiary/aromatic N) is 1. The van der Waals surface area contributed by atoms with Crippen LogP contribution in [-0.2, 0) is 0 Å². The molecule has 4 heteroatoms. The first-order chi connectivity index (χ1) is 9.32. The summed E-state index contributed by atoms with van der Waals surface area (Å²) >= 11 is 0. The van der Waals surface area contributed by atoms with Crippen molar-refractivity contribution in [3.8, 4) is 11.8 Å². The minimum atomic E-state index is -0.171. The Bertz CT molecular complexity index is 579. The molecule has 0 radical (unpaired) electrons. The molecule has 106 valence electrons. The highest BCUT2D eigenvalue weighted by Gasteiger charge is 2.65. The molecule has 1 fully saturated rings. The van der Waals surface area contributed by atoms with Crippen molar-refractivity contribution in [3.63, 3.8) is 0 Å². The first-order valence-corrected chi connectivity index (χ1v) is 6.77. The Hall–Kier alpha value is -1.86. The predicted octanol–water partition coefficient (Wildman–Crippen LogP) is 1.56. The van der Waals surface area contributed by atoms with Crippen molar-refractivity contribution in [1.82, 2.24) is 10.3 Å². The molecule has 1 aliphatic rings. The van der Waals surface area contributed by atoms with E-state index < -0.39 is 0 Å². The molecule has 0 unspecified atom stereocenters. The third kappa shape index (κ3) is 2.30. The number of nitrogens with two attached hydrogens (primary N) is 1. The molecular weight excluding hydrogens is 250 g/mol. The van der Waals surface area contributed by atoms with Crippen molar-refractivity contribution in [2.45, 2.75) is 33.7 Å². The number of amides is 1. The first kappa shape index (κ1) is 14.5. The van der Waals surface area contributed by atoms with Gasteiger partial charge in [0, 0.05) is 12.2 Å². The number of hydrogen-bond acceptors (Lipinski definition) is 3. The van der Waals surface area contributed by atoms with Gasteiger partial charge in [-0.15, -0.1) is 0 Å². The van der Waals surface area contributed by atoms with Gasteiger partial charge in [0.25, 0.3) is 5.91 Å². The van der Waals surface area contributed by atoms with Crippen molar-refractivity contribution < 1.29 is 4.79 Å². The van der Waals surface area contributed by atoms with Crippen LogP contribution in [0.3, 0.4) is 0 Å². The van der Waals surface area contributed by atoms with Crippen molar-refractivity contribution in [3.05, 3.63) is 29.6 Å². The minimum Gasteiger partial charge on any atom is -0.347 e. The van der Waals surface area contributed by atoms with Crippen LogP contribution in [0.5, 0.6) is 0 Å². The van der Waals surface area contributed by atoms with Crippen LogP contribution in [0.2, 0.25) is 0 Å². The fraction of sp³-hybridized carbons (Fsp3) is 0.500. The molecule has 20 heavy (non-hydrogen) atoms. The third-order valence-corrected chi connectivity index (χ3v) is 4.64. The van der Waals surface area contributed by atoms with Gasteiger partial charge in [-0.25, -0.2) is 4.98 Å². The molecule has 0 aromatic carbocycles. The minimum absolute atomic E-state index is 0.0978. The maximum absolute atomic E-state index is 12.4. The molecule has 1 amide bonds. The second-order valence-corrected chi connectivity index (χ2v) is 6.26. The molecular formula is C16H21N3O. The maximum atomic E-state index is 12.4. The lowest BCUT2D eigenvalue weighted by atomic mass is 10.0. The van der Waals surface area contributed by atoms with E-state index in [9.17, 15) is 4.79 Å². The predicted molar refractivity (Wildman–Crippen MR) is 79.0 cm³/mol. The highest BCUT2D eigenvalue weighted by Crippen LogP contribution is 2.62. The maximum Gasteiger partial charge on any atom is 0.271 e. The summed E-state index contributed by atoms with van der Waals surface area (Å²) in [7, 11) is 0. The lowest BCUT2D eigenvalue weighted by molar-refractivity contribution is 0.0938. The smallest absolute Gasteiger partial charge is 0.271 e. The summed E-state index contributed by atoms with van der Waals surface area (Å²) in [6.45, 7) is 8.90. The summed E-state index contributed by atoms with van der Waals surface area (Å²) in [6.07, 6.45) is 1.60. The number of aromatic nitrogens is 1. The van der Waals surface area contributed by atoms with E-state index in [2.05, 4.69) is 49.8 Å². The van der Waals surface area contributed by atoms with Crippen LogP contribution >= 0.6 is 0 Å². The zero-order chi connectivity index (χ0) is 15.0. The van der Waals surface area contributed by atoms with Crippen LogP contribution in [0, 0.1) is 22.7 Å². The number of rotatable bonds is 2. The van der Waals surface area contributed by atoms with Gasteiger partial charge in [0.05, 0.1) is 12.1 Å². The van der Waals surface area contributed by atoms with Crippen LogP contribution in [0.15, 0.2) is 18.3 Å². The summed E-state index contributed by atoms with van der Waals surface area (Å²) in [4.78, 5) is 16.5.